The number of amides is 2. The molecule has 0 saturated heterocycles. The summed E-state index contributed by atoms with van der Waals surface area (Å²) < 4.78 is 42.1. The zero-order chi connectivity index (χ0) is 25.3. The van der Waals surface area contributed by atoms with Crippen molar-refractivity contribution in [2.45, 2.75) is 52.4 Å². The van der Waals surface area contributed by atoms with Crippen molar-refractivity contribution in [2.75, 3.05) is 11.9 Å². The number of alkyl halides is 3. The van der Waals surface area contributed by atoms with Gasteiger partial charge in [-0.05, 0) is 51.3 Å². The number of pyridine rings is 2. The largest absolute Gasteiger partial charge is 0.468 e. The van der Waals surface area contributed by atoms with Crippen LogP contribution in [-0.2, 0) is 11.3 Å². The van der Waals surface area contributed by atoms with Crippen LogP contribution in [0.1, 0.15) is 59.8 Å². The molecule has 0 radical (unpaired) electrons. The van der Waals surface area contributed by atoms with Crippen LogP contribution in [0.15, 0.2) is 40.8 Å². The van der Waals surface area contributed by atoms with Crippen molar-refractivity contribution in [3.05, 3.63) is 58.1 Å². The summed E-state index contributed by atoms with van der Waals surface area (Å²) >= 11 is 0. The van der Waals surface area contributed by atoms with Gasteiger partial charge in [-0.1, -0.05) is 0 Å². The smallest absolute Gasteiger partial charge is 0.422 e. The van der Waals surface area contributed by atoms with Crippen molar-refractivity contribution in [1.29, 1.82) is 0 Å². The number of aromatic nitrogens is 2. The van der Waals surface area contributed by atoms with E-state index in [2.05, 4.69) is 20.3 Å². The molecule has 8 nitrogen and oxygen atoms in total. The van der Waals surface area contributed by atoms with Crippen LogP contribution in [0.3, 0.4) is 0 Å². The van der Waals surface area contributed by atoms with Gasteiger partial charge in [-0.15, -0.1) is 0 Å². The second-order valence-electron chi connectivity index (χ2n) is 8.46. The summed E-state index contributed by atoms with van der Waals surface area (Å²) in [5.74, 6) is -0.331. The van der Waals surface area contributed by atoms with Gasteiger partial charge in [0.05, 0.1) is 12.6 Å². The molecule has 2 amide bonds. The van der Waals surface area contributed by atoms with E-state index < -0.39 is 18.8 Å². The zero-order valence-electron chi connectivity index (χ0n) is 19.4. The Kier molecular flexibility index (Phi) is 6.60. The van der Waals surface area contributed by atoms with Crippen LogP contribution in [0.4, 0.5) is 19.0 Å². The van der Waals surface area contributed by atoms with Crippen molar-refractivity contribution >= 4 is 23.8 Å². The van der Waals surface area contributed by atoms with Gasteiger partial charge in [0.2, 0.25) is 5.88 Å². The maximum atomic E-state index is 13.2. The fraction of sp³-hybridized carbons (Fsp3) is 0.375. The van der Waals surface area contributed by atoms with Crippen molar-refractivity contribution < 1.29 is 27.5 Å². The Morgan fingerprint density at radius 3 is 2.74 bits per heavy atom. The Labute approximate surface area is 199 Å². The Balaban J connectivity index is 1.52. The Bertz CT molecular complexity index is 1240. The quantitative estimate of drug-likeness (QED) is 0.646. The number of ether oxygens (including phenoxy) is 1. The monoisotopic (exact) mass is 487 g/mol. The number of carbonyl (C=O) groups excluding carboxylic acids is 2. The van der Waals surface area contributed by atoms with Crippen LogP contribution < -0.4 is 10.1 Å². The summed E-state index contributed by atoms with van der Waals surface area (Å²) in [7, 11) is 0. The lowest BCUT2D eigenvalue weighted by molar-refractivity contribution is -0.154. The number of nitrogens with zero attached hydrogens (tertiary/aromatic N) is 4. The molecule has 4 rings (SSSR count). The fourth-order valence-corrected chi connectivity index (χ4v) is 4.09. The number of nitrogens with one attached hydrogen (secondary N) is 1. The van der Waals surface area contributed by atoms with Gasteiger partial charge in [-0.2, -0.15) is 13.2 Å². The first-order valence-electron chi connectivity index (χ1n) is 11.0. The van der Waals surface area contributed by atoms with Crippen LogP contribution in [0.2, 0.25) is 0 Å². The van der Waals surface area contributed by atoms with Crippen LogP contribution in [0.5, 0.6) is 5.88 Å². The predicted molar refractivity (Wildman–Crippen MR) is 122 cm³/mol. The average Bonchev–Trinajstić information content (AvgIpc) is 3.15. The van der Waals surface area contributed by atoms with E-state index in [1.807, 2.05) is 0 Å². The van der Waals surface area contributed by atoms with Crippen molar-refractivity contribution in [1.82, 2.24) is 14.9 Å². The lowest BCUT2D eigenvalue weighted by Crippen LogP contribution is -2.27. The lowest BCUT2D eigenvalue weighted by Gasteiger charge is -2.25. The van der Waals surface area contributed by atoms with E-state index in [-0.39, 0.29) is 24.2 Å². The number of rotatable bonds is 6. The van der Waals surface area contributed by atoms with E-state index in [0.29, 0.717) is 52.2 Å². The molecule has 11 heteroatoms. The summed E-state index contributed by atoms with van der Waals surface area (Å²) in [5, 5.41) is 2.82. The lowest BCUT2D eigenvalue weighted by atomic mass is 10.1. The van der Waals surface area contributed by atoms with Gasteiger partial charge >= 0.3 is 6.18 Å². The maximum Gasteiger partial charge on any atom is 0.422 e. The molecule has 1 unspecified atom stereocenters. The summed E-state index contributed by atoms with van der Waals surface area (Å²) in [6.45, 7) is 3.95. The Morgan fingerprint density at radius 2 is 2.06 bits per heavy atom. The van der Waals surface area contributed by atoms with E-state index in [1.165, 1.54) is 12.4 Å². The minimum atomic E-state index is -4.46. The van der Waals surface area contributed by atoms with Crippen molar-refractivity contribution in [3.63, 3.8) is 0 Å². The normalized spacial score (nSPS) is 16.4. The first-order chi connectivity index (χ1) is 16.5. The van der Waals surface area contributed by atoms with E-state index in [0.717, 1.165) is 0 Å². The summed E-state index contributed by atoms with van der Waals surface area (Å²) in [4.78, 5) is 40.1. The van der Waals surface area contributed by atoms with Gasteiger partial charge in [-0.25, -0.2) is 9.97 Å². The number of halogens is 3. The van der Waals surface area contributed by atoms with Gasteiger partial charge in [0.25, 0.3) is 11.8 Å². The SMILES string of the molecule is CC1=C(C(=O)Nc2nccc3c2CN(C(C)c2cnc(OCC(F)(F)F)c(C)c2)C3=O)CCC=N1. The van der Waals surface area contributed by atoms with Crippen LogP contribution in [0.25, 0.3) is 0 Å². The molecule has 2 aliphatic rings. The number of hydrogen-bond donors (Lipinski definition) is 1. The second kappa shape index (κ2) is 9.47. The van der Waals surface area contributed by atoms with Gasteiger partial charge in [0, 0.05) is 46.6 Å². The average molecular weight is 487 g/mol. The second-order valence-corrected chi connectivity index (χ2v) is 8.46. The highest BCUT2D eigenvalue weighted by Gasteiger charge is 2.35. The molecule has 35 heavy (non-hydrogen) atoms. The van der Waals surface area contributed by atoms with E-state index >= 15 is 0 Å². The zero-order valence-corrected chi connectivity index (χ0v) is 19.4. The van der Waals surface area contributed by atoms with Gasteiger partial charge < -0.3 is 15.0 Å². The number of aliphatic imine (C=N–C) groups is 1. The fourth-order valence-electron chi connectivity index (χ4n) is 4.09. The molecule has 0 spiro atoms. The number of carbonyl (C=O) groups is 2. The highest BCUT2D eigenvalue weighted by Crippen LogP contribution is 2.35. The molecule has 0 saturated carbocycles. The van der Waals surface area contributed by atoms with E-state index in [9.17, 15) is 22.8 Å². The topological polar surface area (TPSA) is 96.8 Å². The van der Waals surface area contributed by atoms with Gasteiger partial charge in [0.15, 0.2) is 6.61 Å². The molecule has 0 bridgehead atoms. The van der Waals surface area contributed by atoms with Gasteiger partial charge in [0.1, 0.15) is 5.82 Å². The molecule has 2 aromatic heterocycles. The molecular weight excluding hydrogens is 463 g/mol. The minimum Gasteiger partial charge on any atom is -0.468 e. The molecule has 0 aliphatic carbocycles. The molecule has 2 aromatic rings. The Hall–Kier alpha value is -3.76. The first-order valence-corrected chi connectivity index (χ1v) is 11.0. The molecule has 184 valence electrons. The summed E-state index contributed by atoms with van der Waals surface area (Å²) in [6, 6.07) is 2.82. The number of anilines is 1. The maximum absolute atomic E-state index is 13.2. The van der Waals surface area contributed by atoms with Crippen LogP contribution in [0, 0.1) is 6.92 Å². The molecule has 1 atom stereocenters. The number of aryl methyl sites for hydroxylation is 1. The predicted octanol–water partition coefficient (Wildman–Crippen LogP) is 4.52. The number of hydrogen-bond acceptors (Lipinski definition) is 6. The summed E-state index contributed by atoms with van der Waals surface area (Å²) in [6.07, 6.45) is 1.44. The molecule has 0 aromatic carbocycles. The molecule has 4 heterocycles. The van der Waals surface area contributed by atoms with Crippen molar-refractivity contribution in [2.24, 2.45) is 4.99 Å². The molecule has 2 aliphatic heterocycles. The number of fused-ring (bicyclic) bond motifs is 1. The third-order valence-corrected chi connectivity index (χ3v) is 6.00. The first kappa shape index (κ1) is 24.4. The highest BCUT2D eigenvalue weighted by atomic mass is 19.4. The van der Waals surface area contributed by atoms with Crippen LogP contribution in [-0.4, -0.2) is 45.7 Å². The molecule has 1 N–H and O–H groups in total. The highest BCUT2D eigenvalue weighted by molar-refractivity contribution is 6.06. The minimum absolute atomic E-state index is 0.111. The van der Waals surface area contributed by atoms with Crippen molar-refractivity contribution in [3.8, 4) is 5.88 Å². The van der Waals surface area contributed by atoms with Gasteiger partial charge in [-0.3, -0.25) is 14.6 Å². The van der Waals surface area contributed by atoms with E-state index in [4.69, 9.17) is 4.74 Å². The number of allylic oxidation sites excluding steroid dienone is 1. The third kappa shape index (κ3) is 5.18. The Morgan fingerprint density at radius 1 is 1.29 bits per heavy atom. The van der Waals surface area contributed by atoms with E-state index in [1.54, 1.807) is 44.0 Å². The summed E-state index contributed by atoms with van der Waals surface area (Å²) in [5.41, 5.74) is 3.34. The third-order valence-electron chi connectivity index (χ3n) is 6.00. The standard InChI is InChI=1S/C24H24F3N5O3/c1-13-9-16(10-30-22(13)35-12-24(25,26)27)15(3)32-11-19-18(23(32)34)6-8-29-20(19)31-21(33)17-5-4-7-28-14(17)2/h6-10,15H,4-5,11-12H2,1-3H3,(H,29,31,33). The van der Waals surface area contributed by atoms with Crippen LogP contribution >= 0.6 is 0 Å². The molecular formula is C24H24F3N5O3. The molecule has 0 fully saturated rings.